The van der Waals surface area contributed by atoms with Gasteiger partial charge < -0.3 is 19.5 Å². The zero-order chi connectivity index (χ0) is 24.5. The summed E-state index contributed by atoms with van der Waals surface area (Å²) in [5, 5.41) is 12.5. The number of aliphatic hydroxyl groups excluding tert-OH is 1. The highest BCUT2D eigenvalue weighted by Crippen LogP contribution is 2.34. The number of thiophene rings is 1. The van der Waals surface area contributed by atoms with E-state index in [4.69, 9.17) is 9.47 Å². The minimum absolute atomic E-state index is 0.0341. The third-order valence-corrected chi connectivity index (χ3v) is 6.79. The molecule has 0 spiro atoms. The van der Waals surface area contributed by atoms with E-state index in [9.17, 15) is 9.90 Å². The van der Waals surface area contributed by atoms with E-state index in [1.807, 2.05) is 41.0 Å². The van der Waals surface area contributed by atoms with Crippen LogP contribution < -0.4 is 4.74 Å². The number of hydrogen-bond acceptors (Lipinski definition) is 6. The SMILES string of the molecule is C=CCN(CC(=O)N1CCc2sccc2[C@H]1COc1cccc(C)c1)C[C@H](O)COCC(C)C. The van der Waals surface area contributed by atoms with Gasteiger partial charge >= 0.3 is 0 Å². The van der Waals surface area contributed by atoms with Crippen molar-refractivity contribution in [1.29, 1.82) is 0 Å². The monoisotopic (exact) mass is 486 g/mol. The van der Waals surface area contributed by atoms with Gasteiger partial charge in [-0.3, -0.25) is 9.69 Å². The van der Waals surface area contributed by atoms with Gasteiger partial charge in [-0.25, -0.2) is 0 Å². The molecule has 186 valence electrons. The van der Waals surface area contributed by atoms with Crippen LogP contribution in [0.2, 0.25) is 0 Å². The number of nitrogens with zero attached hydrogens (tertiary/aromatic N) is 2. The van der Waals surface area contributed by atoms with Crippen LogP contribution in [0.15, 0.2) is 48.4 Å². The van der Waals surface area contributed by atoms with Crippen LogP contribution >= 0.6 is 11.3 Å². The Bertz CT molecular complexity index is 929. The number of fused-ring (bicyclic) bond motifs is 1. The molecule has 0 radical (unpaired) electrons. The van der Waals surface area contributed by atoms with Crippen LogP contribution in [-0.2, 0) is 16.0 Å². The second-order valence-electron chi connectivity index (χ2n) is 9.35. The Morgan fingerprint density at radius 3 is 2.91 bits per heavy atom. The summed E-state index contributed by atoms with van der Waals surface area (Å²) in [5.74, 6) is 1.26. The van der Waals surface area contributed by atoms with Crippen LogP contribution in [0.4, 0.5) is 0 Å². The zero-order valence-corrected chi connectivity index (χ0v) is 21.4. The smallest absolute Gasteiger partial charge is 0.237 e. The molecule has 34 heavy (non-hydrogen) atoms. The van der Waals surface area contributed by atoms with Crippen LogP contribution in [0.25, 0.3) is 0 Å². The normalized spacial score (nSPS) is 16.5. The van der Waals surface area contributed by atoms with Crippen molar-refractivity contribution in [2.45, 2.75) is 39.3 Å². The van der Waals surface area contributed by atoms with Crippen molar-refractivity contribution in [2.75, 3.05) is 46.0 Å². The summed E-state index contributed by atoms with van der Waals surface area (Å²) in [7, 11) is 0. The lowest BCUT2D eigenvalue weighted by atomic mass is 10.0. The van der Waals surface area contributed by atoms with Crippen LogP contribution in [-0.4, -0.2) is 72.9 Å². The van der Waals surface area contributed by atoms with Gasteiger partial charge in [0, 0.05) is 31.1 Å². The molecule has 7 heteroatoms. The molecular formula is C27H38N2O4S. The molecule has 2 aromatic rings. The molecular weight excluding hydrogens is 448 g/mol. The molecule has 3 rings (SSSR count). The molecule has 0 bridgehead atoms. The zero-order valence-electron chi connectivity index (χ0n) is 20.6. The van der Waals surface area contributed by atoms with Gasteiger partial charge in [0.05, 0.1) is 25.3 Å². The molecule has 0 aliphatic carbocycles. The number of aryl methyl sites for hydroxylation is 1. The summed E-state index contributed by atoms with van der Waals surface area (Å²) in [6, 6.07) is 9.96. The van der Waals surface area contributed by atoms with Gasteiger partial charge in [-0.05, 0) is 54.0 Å². The number of carbonyl (C=O) groups is 1. The Morgan fingerprint density at radius 1 is 1.35 bits per heavy atom. The average molecular weight is 487 g/mol. The van der Waals surface area contributed by atoms with E-state index >= 15 is 0 Å². The molecule has 2 heterocycles. The largest absolute Gasteiger partial charge is 0.491 e. The van der Waals surface area contributed by atoms with Gasteiger partial charge in [-0.1, -0.05) is 32.1 Å². The van der Waals surface area contributed by atoms with E-state index in [0.29, 0.717) is 38.8 Å². The molecule has 2 atom stereocenters. The Kier molecular flexibility index (Phi) is 10.1. The van der Waals surface area contributed by atoms with E-state index in [-0.39, 0.29) is 25.1 Å². The number of ether oxygens (including phenoxy) is 2. The standard InChI is InChI=1S/C27H38N2O4S/c1-5-11-28(15-22(30)18-32-17-20(2)3)16-27(31)29-12-9-26-24(10-13-34-26)25(29)19-33-23-8-6-7-21(4)14-23/h5-8,10,13-14,20,22,25,30H,1,9,11-12,15-19H2,2-4H3/t22-,25+/m0/s1. The molecule has 0 saturated heterocycles. The van der Waals surface area contributed by atoms with Crippen LogP contribution in [0.1, 0.15) is 35.9 Å². The van der Waals surface area contributed by atoms with Crippen molar-refractivity contribution in [3.8, 4) is 5.75 Å². The molecule has 1 aliphatic heterocycles. The molecule has 0 fully saturated rings. The van der Waals surface area contributed by atoms with Crippen molar-refractivity contribution in [2.24, 2.45) is 5.92 Å². The lowest BCUT2D eigenvalue weighted by Gasteiger charge is -2.37. The molecule has 6 nitrogen and oxygen atoms in total. The topological polar surface area (TPSA) is 62.2 Å². The van der Waals surface area contributed by atoms with Crippen molar-refractivity contribution in [3.05, 3.63) is 64.4 Å². The summed E-state index contributed by atoms with van der Waals surface area (Å²) >= 11 is 1.74. The fourth-order valence-corrected chi connectivity index (χ4v) is 5.14. The average Bonchev–Trinajstić information content (AvgIpc) is 3.26. The molecule has 1 aromatic carbocycles. The number of aliphatic hydroxyl groups is 1. The highest BCUT2D eigenvalue weighted by Gasteiger charge is 2.33. The van der Waals surface area contributed by atoms with Crippen LogP contribution in [0.3, 0.4) is 0 Å². The first-order chi connectivity index (χ1) is 16.4. The third-order valence-electron chi connectivity index (χ3n) is 5.79. The highest BCUT2D eigenvalue weighted by atomic mass is 32.1. The lowest BCUT2D eigenvalue weighted by Crippen LogP contribution is -2.48. The van der Waals surface area contributed by atoms with Crippen molar-refractivity contribution < 1.29 is 19.4 Å². The summed E-state index contributed by atoms with van der Waals surface area (Å²) in [6.45, 7) is 13.0. The Hall–Kier alpha value is -2.19. The number of hydrogen-bond donors (Lipinski definition) is 1. The number of amides is 1. The minimum Gasteiger partial charge on any atom is -0.491 e. The molecule has 0 saturated carbocycles. The van der Waals surface area contributed by atoms with Crippen molar-refractivity contribution in [1.82, 2.24) is 9.80 Å². The van der Waals surface area contributed by atoms with Crippen LogP contribution in [0.5, 0.6) is 5.75 Å². The van der Waals surface area contributed by atoms with E-state index < -0.39 is 6.10 Å². The highest BCUT2D eigenvalue weighted by molar-refractivity contribution is 7.10. The maximum atomic E-state index is 13.5. The number of carbonyl (C=O) groups excluding carboxylic acids is 1. The molecule has 1 aliphatic rings. The third kappa shape index (κ3) is 7.67. The summed E-state index contributed by atoms with van der Waals surface area (Å²) in [6.07, 6.45) is 1.96. The lowest BCUT2D eigenvalue weighted by molar-refractivity contribution is -0.136. The first-order valence-electron chi connectivity index (χ1n) is 12.0. The fraction of sp³-hybridized carbons (Fsp3) is 0.519. The minimum atomic E-state index is -0.656. The van der Waals surface area contributed by atoms with Gasteiger partial charge in [0.25, 0.3) is 0 Å². The Morgan fingerprint density at radius 2 is 2.18 bits per heavy atom. The maximum absolute atomic E-state index is 13.5. The Balaban J connectivity index is 1.65. The first-order valence-corrected chi connectivity index (χ1v) is 12.9. The van der Waals surface area contributed by atoms with Gasteiger partial charge in [-0.15, -0.1) is 17.9 Å². The van der Waals surface area contributed by atoms with E-state index in [2.05, 4.69) is 31.9 Å². The van der Waals surface area contributed by atoms with E-state index in [1.165, 1.54) is 10.4 Å². The van der Waals surface area contributed by atoms with Gasteiger partial charge in [0.15, 0.2) is 0 Å². The van der Waals surface area contributed by atoms with Gasteiger partial charge in [0.2, 0.25) is 5.91 Å². The van der Waals surface area contributed by atoms with E-state index in [1.54, 1.807) is 17.4 Å². The summed E-state index contributed by atoms with van der Waals surface area (Å²) in [5.41, 5.74) is 2.32. The van der Waals surface area contributed by atoms with Gasteiger partial charge in [-0.2, -0.15) is 0 Å². The van der Waals surface area contributed by atoms with Crippen LogP contribution in [0, 0.1) is 12.8 Å². The quantitative estimate of drug-likeness (QED) is 0.432. The Labute approximate surface area is 207 Å². The van der Waals surface area contributed by atoms with Crippen molar-refractivity contribution >= 4 is 17.2 Å². The number of benzene rings is 1. The molecule has 1 aromatic heterocycles. The predicted molar refractivity (Wildman–Crippen MR) is 137 cm³/mol. The summed E-state index contributed by atoms with van der Waals surface area (Å²) in [4.78, 5) is 18.6. The number of rotatable bonds is 13. The second kappa shape index (κ2) is 13.0. The molecule has 0 unspecified atom stereocenters. The fourth-order valence-electron chi connectivity index (χ4n) is 4.21. The second-order valence-corrected chi connectivity index (χ2v) is 10.3. The summed E-state index contributed by atoms with van der Waals surface area (Å²) < 4.78 is 11.7. The molecule has 1 N–H and O–H groups in total. The maximum Gasteiger partial charge on any atom is 0.237 e. The first kappa shape index (κ1) is 26.4. The predicted octanol–water partition coefficient (Wildman–Crippen LogP) is 4.08. The van der Waals surface area contributed by atoms with Crippen molar-refractivity contribution in [3.63, 3.8) is 0 Å². The van der Waals surface area contributed by atoms with E-state index in [0.717, 1.165) is 17.7 Å². The molecule has 1 amide bonds. The van der Waals surface area contributed by atoms with Gasteiger partial charge in [0.1, 0.15) is 12.4 Å².